The molecule has 0 atom stereocenters. The average molecular weight is 442 g/mol. The Hall–Kier alpha value is -3.14. The van der Waals surface area contributed by atoms with E-state index in [9.17, 15) is 8.78 Å². The van der Waals surface area contributed by atoms with Crippen molar-refractivity contribution in [3.8, 4) is 0 Å². The molecule has 1 saturated carbocycles. The van der Waals surface area contributed by atoms with Crippen LogP contribution >= 0.6 is 11.3 Å². The molecule has 3 heterocycles. The first-order valence-corrected chi connectivity index (χ1v) is 10.9. The Morgan fingerprint density at radius 2 is 1.97 bits per heavy atom. The normalized spacial score (nSPS) is 13.8. The van der Waals surface area contributed by atoms with Crippen LogP contribution in [0, 0.1) is 6.92 Å². The van der Waals surface area contributed by atoms with Crippen molar-refractivity contribution in [3.05, 3.63) is 70.1 Å². The van der Waals surface area contributed by atoms with Crippen LogP contribution in [0.4, 0.5) is 19.7 Å². The molecule has 0 amide bonds. The maximum absolute atomic E-state index is 12.8. The number of anilines is 2. The summed E-state index contributed by atoms with van der Waals surface area (Å²) >= 11 is 1.35. The molecule has 0 radical (unpaired) electrons. The number of nitrogens with one attached hydrogen (secondary N) is 1. The van der Waals surface area contributed by atoms with Gasteiger partial charge < -0.3 is 5.32 Å². The fourth-order valence-electron chi connectivity index (χ4n) is 3.57. The van der Waals surface area contributed by atoms with Crippen molar-refractivity contribution in [2.75, 3.05) is 5.32 Å². The monoisotopic (exact) mass is 441 g/mol. The topological polar surface area (TPSA) is 73.5 Å². The molecule has 160 valence electrons. The Balaban J connectivity index is 1.24. The summed E-state index contributed by atoms with van der Waals surface area (Å²) in [6.07, 6.45) is 1.89. The Morgan fingerprint density at radius 3 is 2.74 bits per heavy atom. The highest BCUT2D eigenvalue weighted by Crippen LogP contribution is 2.41. The largest absolute Gasteiger partial charge is 0.313 e. The molecule has 3 aromatic heterocycles. The van der Waals surface area contributed by atoms with Crippen LogP contribution in [0.2, 0.25) is 0 Å². The lowest BCUT2D eigenvalue weighted by Gasteiger charge is -2.08. The molecule has 1 aromatic carbocycles. The highest BCUT2D eigenvalue weighted by Gasteiger charge is 2.25. The predicted octanol–water partition coefficient (Wildman–Crippen LogP) is 4.89. The molecule has 0 bridgehead atoms. The number of aromatic nitrogens is 6. The van der Waals surface area contributed by atoms with Crippen molar-refractivity contribution in [3.63, 3.8) is 0 Å². The minimum absolute atomic E-state index is 0.228. The molecule has 0 unspecified atom stereocenters. The molecule has 1 aliphatic carbocycles. The van der Waals surface area contributed by atoms with Crippen LogP contribution in [0.1, 0.15) is 52.7 Å². The molecule has 10 heteroatoms. The number of hydrogen-bond donors (Lipinski definition) is 1. The zero-order valence-electron chi connectivity index (χ0n) is 16.9. The lowest BCUT2D eigenvalue weighted by Crippen LogP contribution is -2.04. The minimum Gasteiger partial charge on any atom is -0.313 e. The van der Waals surface area contributed by atoms with E-state index in [0.717, 1.165) is 6.54 Å². The van der Waals surface area contributed by atoms with Crippen molar-refractivity contribution >= 4 is 22.3 Å². The number of benzene rings is 1. The third-order valence-corrected chi connectivity index (χ3v) is 6.08. The Kier molecular flexibility index (Phi) is 5.23. The second kappa shape index (κ2) is 8.18. The summed E-state index contributed by atoms with van der Waals surface area (Å²) in [7, 11) is 0. The zero-order valence-corrected chi connectivity index (χ0v) is 17.7. The van der Waals surface area contributed by atoms with E-state index in [0.29, 0.717) is 34.1 Å². The third kappa shape index (κ3) is 4.48. The van der Waals surface area contributed by atoms with Gasteiger partial charge in [0.1, 0.15) is 10.7 Å². The first-order chi connectivity index (χ1) is 15.0. The molecular weight excluding hydrogens is 420 g/mol. The molecule has 31 heavy (non-hydrogen) atoms. The van der Waals surface area contributed by atoms with Gasteiger partial charge in [-0.1, -0.05) is 35.6 Å². The molecular formula is C21H21F2N7S. The number of alkyl halides is 2. The van der Waals surface area contributed by atoms with Gasteiger partial charge in [0.05, 0.1) is 13.1 Å². The fraction of sp³-hybridized carbons (Fsp3) is 0.333. The van der Waals surface area contributed by atoms with Crippen LogP contribution in [0.5, 0.6) is 0 Å². The van der Waals surface area contributed by atoms with E-state index in [1.807, 2.05) is 16.9 Å². The van der Waals surface area contributed by atoms with Gasteiger partial charge >= 0.3 is 0 Å². The van der Waals surface area contributed by atoms with E-state index in [-0.39, 0.29) is 5.69 Å². The van der Waals surface area contributed by atoms with Crippen molar-refractivity contribution in [1.29, 1.82) is 0 Å². The predicted molar refractivity (Wildman–Crippen MR) is 114 cm³/mol. The van der Waals surface area contributed by atoms with Gasteiger partial charge in [0.25, 0.3) is 6.43 Å². The number of hydrogen-bond acceptors (Lipinski definition) is 6. The number of halogens is 2. The van der Waals surface area contributed by atoms with Gasteiger partial charge in [0.2, 0.25) is 5.13 Å². The van der Waals surface area contributed by atoms with Gasteiger partial charge in [0.15, 0.2) is 5.82 Å². The maximum Gasteiger partial charge on any atom is 0.282 e. The van der Waals surface area contributed by atoms with Gasteiger partial charge in [-0.3, -0.25) is 9.36 Å². The Bertz CT molecular complexity index is 1190. The zero-order chi connectivity index (χ0) is 21.4. The van der Waals surface area contributed by atoms with Gasteiger partial charge in [-0.15, -0.1) is 10.2 Å². The highest BCUT2D eigenvalue weighted by molar-refractivity contribution is 7.15. The smallest absolute Gasteiger partial charge is 0.282 e. The second-order valence-corrected chi connectivity index (χ2v) is 8.73. The molecule has 1 N–H and O–H groups in total. The summed E-state index contributed by atoms with van der Waals surface area (Å²) in [5, 5.41) is 21.2. The molecule has 0 spiro atoms. The van der Waals surface area contributed by atoms with Crippen LogP contribution in [-0.4, -0.2) is 29.8 Å². The van der Waals surface area contributed by atoms with Crippen LogP contribution in [-0.2, 0) is 13.1 Å². The van der Waals surface area contributed by atoms with E-state index in [1.54, 1.807) is 6.92 Å². The molecule has 7 nitrogen and oxygen atoms in total. The van der Waals surface area contributed by atoms with E-state index >= 15 is 0 Å². The lowest BCUT2D eigenvalue weighted by molar-refractivity contribution is 0.145. The molecule has 0 saturated heterocycles. The summed E-state index contributed by atoms with van der Waals surface area (Å²) in [5.74, 6) is 1.38. The molecule has 1 aliphatic rings. The molecule has 0 aliphatic heterocycles. The fourth-order valence-corrected chi connectivity index (χ4v) is 4.30. The average Bonchev–Trinajstić information content (AvgIpc) is 3.17. The summed E-state index contributed by atoms with van der Waals surface area (Å²) in [6, 6.07) is 11.8. The minimum atomic E-state index is -2.59. The van der Waals surface area contributed by atoms with E-state index in [1.165, 1.54) is 46.1 Å². The van der Waals surface area contributed by atoms with E-state index < -0.39 is 6.43 Å². The molecule has 5 rings (SSSR count). The van der Waals surface area contributed by atoms with Crippen molar-refractivity contribution in [2.45, 2.75) is 45.2 Å². The number of nitrogens with zero attached hydrogens (tertiary/aromatic N) is 6. The standard InChI is InChI=1S/C21H21F2N7S/c1-13-10-17(20(22)23)27-30(13)12-19-25-26-21(31-19)24-18-8-9-29(28-18)11-15-4-2-3-5-16(15)14-6-7-14/h2-5,8-10,14,20H,6-7,11-12H2,1H3,(H,24,26,28). The highest BCUT2D eigenvalue weighted by atomic mass is 32.1. The summed E-state index contributed by atoms with van der Waals surface area (Å²) in [5.41, 5.74) is 3.15. The number of aryl methyl sites for hydroxylation is 1. The van der Waals surface area contributed by atoms with Crippen molar-refractivity contribution in [1.82, 2.24) is 29.8 Å². The number of rotatable bonds is 8. The van der Waals surface area contributed by atoms with Gasteiger partial charge in [-0.2, -0.15) is 10.2 Å². The van der Waals surface area contributed by atoms with E-state index in [2.05, 4.69) is 50.0 Å². The maximum atomic E-state index is 12.8. The quantitative estimate of drug-likeness (QED) is 0.421. The first-order valence-electron chi connectivity index (χ1n) is 10.1. The summed E-state index contributed by atoms with van der Waals surface area (Å²) in [4.78, 5) is 0. The lowest BCUT2D eigenvalue weighted by atomic mass is 10.0. The van der Waals surface area contributed by atoms with Crippen LogP contribution in [0.15, 0.2) is 42.6 Å². The molecule has 4 aromatic rings. The summed E-state index contributed by atoms with van der Waals surface area (Å²) < 4.78 is 29.1. The third-order valence-electron chi connectivity index (χ3n) is 5.26. The van der Waals surface area contributed by atoms with Gasteiger partial charge in [0, 0.05) is 18.0 Å². The Labute approximate surface area is 181 Å². The van der Waals surface area contributed by atoms with Crippen LogP contribution < -0.4 is 5.32 Å². The van der Waals surface area contributed by atoms with Gasteiger partial charge in [-0.05, 0) is 42.9 Å². The van der Waals surface area contributed by atoms with E-state index in [4.69, 9.17) is 0 Å². The SMILES string of the molecule is Cc1cc(C(F)F)nn1Cc1nnc(Nc2ccn(Cc3ccccc3C3CC3)n2)s1. The van der Waals surface area contributed by atoms with Crippen molar-refractivity contribution in [2.24, 2.45) is 0 Å². The van der Waals surface area contributed by atoms with Crippen LogP contribution in [0.25, 0.3) is 0 Å². The van der Waals surface area contributed by atoms with Crippen LogP contribution in [0.3, 0.4) is 0 Å². The first kappa shape index (κ1) is 19.8. The summed E-state index contributed by atoms with van der Waals surface area (Å²) in [6.45, 7) is 2.76. The molecule has 1 fully saturated rings. The van der Waals surface area contributed by atoms with Crippen molar-refractivity contribution < 1.29 is 8.78 Å². The Morgan fingerprint density at radius 1 is 1.13 bits per heavy atom. The second-order valence-electron chi connectivity index (χ2n) is 7.67. The van der Waals surface area contributed by atoms with Gasteiger partial charge in [-0.25, -0.2) is 8.78 Å².